The minimum Gasteiger partial charge on any atom is -0.350 e. The molecule has 1 aliphatic carbocycles. The molecule has 24 heavy (non-hydrogen) atoms. The van der Waals surface area contributed by atoms with Crippen LogP contribution >= 0.6 is 0 Å². The van der Waals surface area contributed by atoms with Crippen molar-refractivity contribution in [3.05, 3.63) is 63.8 Å². The van der Waals surface area contributed by atoms with Crippen LogP contribution in [0.3, 0.4) is 0 Å². The van der Waals surface area contributed by atoms with Gasteiger partial charge in [-0.15, -0.1) is 0 Å². The topological polar surface area (TPSA) is 74.8 Å². The smallest absolute Gasteiger partial charge is 0.269 e. The molecule has 7 heteroatoms. The number of aromatic nitrogens is 2. The zero-order valence-corrected chi connectivity index (χ0v) is 12.9. The molecule has 0 unspecified atom stereocenters. The zero-order valence-electron chi connectivity index (χ0n) is 12.9. The Morgan fingerprint density at radius 1 is 1.33 bits per heavy atom. The van der Waals surface area contributed by atoms with Gasteiger partial charge in [0.25, 0.3) is 11.5 Å². The van der Waals surface area contributed by atoms with E-state index in [0.29, 0.717) is 24.4 Å². The number of hydrogen-bond donors (Lipinski definition) is 2. The van der Waals surface area contributed by atoms with Crippen LogP contribution in [0, 0.1) is 23.5 Å². The monoisotopic (exact) mass is 333 g/mol. The van der Waals surface area contributed by atoms with Crippen molar-refractivity contribution in [1.82, 2.24) is 15.3 Å². The summed E-state index contributed by atoms with van der Waals surface area (Å²) in [6.07, 6.45) is 4.74. The molecule has 1 aliphatic rings. The van der Waals surface area contributed by atoms with Crippen molar-refractivity contribution < 1.29 is 13.6 Å². The molecule has 2 N–H and O–H groups in total. The van der Waals surface area contributed by atoms with Crippen molar-refractivity contribution in [1.29, 1.82) is 0 Å². The molecule has 1 amide bonds. The van der Waals surface area contributed by atoms with Crippen LogP contribution in [0.15, 0.2) is 35.4 Å². The number of hydrogen-bond acceptors (Lipinski definition) is 3. The summed E-state index contributed by atoms with van der Waals surface area (Å²) in [7, 11) is 0. The Hall–Kier alpha value is -2.57. The first kappa shape index (κ1) is 16.3. The Balaban J connectivity index is 1.65. The Kier molecular flexibility index (Phi) is 4.69. The molecule has 1 aromatic carbocycles. The Bertz CT molecular complexity index is 802. The van der Waals surface area contributed by atoms with Gasteiger partial charge in [0, 0.05) is 6.54 Å². The second-order valence-electron chi connectivity index (χ2n) is 6.06. The summed E-state index contributed by atoms with van der Waals surface area (Å²) >= 11 is 0. The molecule has 1 atom stereocenters. The van der Waals surface area contributed by atoms with Gasteiger partial charge in [0.05, 0.1) is 12.4 Å². The third-order valence-electron chi connectivity index (χ3n) is 4.20. The van der Waals surface area contributed by atoms with Gasteiger partial charge >= 0.3 is 0 Å². The molecule has 0 radical (unpaired) electrons. The lowest BCUT2D eigenvalue weighted by atomic mass is 9.94. The minimum absolute atomic E-state index is 0.0219. The molecule has 3 rings (SSSR count). The van der Waals surface area contributed by atoms with Gasteiger partial charge in [0.1, 0.15) is 17.3 Å². The van der Waals surface area contributed by atoms with E-state index in [1.165, 1.54) is 12.3 Å². The van der Waals surface area contributed by atoms with Gasteiger partial charge in [0.15, 0.2) is 0 Å². The summed E-state index contributed by atoms with van der Waals surface area (Å²) in [4.78, 5) is 29.3. The summed E-state index contributed by atoms with van der Waals surface area (Å²) < 4.78 is 27.1. The molecule has 2 aromatic rings. The Morgan fingerprint density at radius 3 is 2.83 bits per heavy atom. The van der Waals surface area contributed by atoms with Crippen molar-refractivity contribution in [2.45, 2.75) is 19.3 Å². The van der Waals surface area contributed by atoms with E-state index in [9.17, 15) is 18.4 Å². The van der Waals surface area contributed by atoms with E-state index >= 15 is 0 Å². The number of halogens is 2. The molecule has 0 bridgehead atoms. The normalized spacial score (nSPS) is 15.1. The minimum atomic E-state index is -0.474. The summed E-state index contributed by atoms with van der Waals surface area (Å²) in [6.45, 7) is 0.330. The molecule has 0 saturated heterocycles. The van der Waals surface area contributed by atoms with Crippen molar-refractivity contribution in [2.24, 2.45) is 11.8 Å². The molecule has 0 aliphatic heterocycles. The quantitative estimate of drug-likeness (QED) is 0.849. The summed E-state index contributed by atoms with van der Waals surface area (Å²) in [5.41, 5.74) is -0.0619. The molecule has 1 heterocycles. The Labute approximate surface area is 137 Å². The van der Waals surface area contributed by atoms with Gasteiger partial charge in [0.2, 0.25) is 0 Å². The van der Waals surface area contributed by atoms with Gasteiger partial charge in [-0.2, -0.15) is 0 Å². The highest BCUT2D eigenvalue weighted by Gasteiger charge is 2.32. The van der Waals surface area contributed by atoms with E-state index < -0.39 is 23.1 Å². The van der Waals surface area contributed by atoms with E-state index in [1.807, 2.05) is 0 Å². The van der Waals surface area contributed by atoms with E-state index in [-0.39, 0.29) is 11.6 Å². The van der Waals surface area contributed by atoms with Gasteiger partial charge in [-0.3, -0.25) is 14.6 Å². The maximum absolute atomic E-state index is 13.8. The lowest BCUT2D eigenvalue weighted by Crippen LogP contribution is -2.32. The summed E-state index contributed by atoms with van der Waals surface area (Å²) in [5.74, 6) is -0.942. The van der Waals surface area contributed by atoms with Crippen molar-refractivity contribution in [3.63, 3.8) is 0 Å². The molecular formula is C17H17F2N3O2. The lowest BCUT2D eigenvalue weighted by Gasteiger charge is -2.17. The third-order valence-corrected chi connectivity index (χ3v) is 4.20. The maximum Gasteiger partial charge on any atom is 0.269 e. The van der Waals surface area contributed by atoms with Crippen LogP contribution in [0.1, 0.15) is 28.9 Å². The molecule has 0 spiro atoms. The first-order chi connectivity index (χ1) is 11.5. The van der Waals surface area contributed by atoms with Crippen LogP contribution in [0.4, 0.5) is 8.78 Å². The Morgan fingerprint density at radius 2 is 2.12 bits per heavy atom. The molecular weight excluding hydrogens is 316 g/mol. The fourth-order valence-corrected chi connectivity index (χ4v) is 2.77. The van der Waals surface area contributed by atoms with E-state index in [4.69, 9.17) is 0 Å². The number of carbonyl (C=O) groups is 1. The second-order valence-corrected chi connectivity index (χ2v) is 6.06. The number of nitrogens with one attached hydrogen (secondary N) is 2. The molecule has 1 fully saturated rings. The van der Waals surface area contributed by atoms with Gasteiger partial charge < -0.3 is 10.3 Å². The average molecular weight is 333 g/mol. The molecule has 126 valence electrons. The number of nitrogens with zero attached hydrogens (tertiary/aromatic N) is 1. The van der Waals surface area contributed by atoms with Gasteiger partial charge in [-0.25, -0.2) is 8.78 Å². The number of amides is 1. The van der Waals surface area contributed by atoms with Crippen molar-refractivity contribution in [3.8, 4) is 0 Å². The van der Waals surface area contributed by atoms with Gasteiger partial charge in [-0.1, -0.05) is 0 Å². The van der Waals surface area contributed by atoms with Crippen LogP contribution in [0.5, 0.6) is 0 Å². The second kappa shape index (κ2) is 6.90. The van der Waals surface area contributed by atoms with Crippen LogP contribution in [-0.4, -0.2) is 22.4 Å². The molecule has 1 saturated carbocycles. The van der Waals surface area contributed by atoms with Crippen LogP contribution in [0.2, 0.25) is 0 Å². The highest BCUT2D eigenvalue weighted by molar-refractivity contribution is 5.91. The third kappa shape index (κ3) is 4.04. The van der Waals surface area contributed by atoms with Crippen LogP contribution in [-0.2, 0) is 6.42 Å². The predicted octanol–water partition coefficient (Wildman–Crippen LogP) is 2.05. The van der Waals surface area contributed by atoms with Crippen molar-refractivity contribution >= 4 is 5.91 Å². The fraction of sp³-hybridized carbons (Fsp3) is 0.353. The number of benzene rings is 1. The SMILES string of the molecule is O=C(NC[C@H](Cc1cc(F)ccc1F)C1CC1)c1cncc(=O)[nH]1. The van der Waals surface area contributed by atoms with Gasteiger partial charge in [-0.05, 0) is 54.9 Å². The number of rotatable bonds is 6. The molecule has 1 aromatic heterocycles. The average Bonchev–Trinajstić information content (AvgIpc) is 3.39. The highest BCUT2D eigenvalue weighted by Crippen LogP contribution is 2.38. The first-order valence-corrected chi connectivity index (χ1v) is 7.79. The van der Waals surface area contributed by atoms with E-state index in [2.05, 4.69) is 15.3 Å². The standard InChI is InChI=1S/C17H17F2N3O2/c18-13-3-4-14(19)11(6-13)5-12(10-1-2-10)7-21-17(24)15-8-20-9-16(23)22-15/h3-4,6,8-10,12H,1-2,5,7H2,(H,21,24)(H,22,23)/t12-/m0/s1. The zero-order chi connectivity index (χ0) is 17.1. The summed E-state index contributed by atoms with van der Waals surface area (Å²) in [6, 6.07) is 3.41. The van der Waals surface area contributed by atoms with Crippen LogP contribution < -0.4 is 10.9 Å². The number of carbonyl (C=O) groups excluding carboxylic acids is 1. The number of H-pyrrole nitrogens is 1. The van der Waals surface area contributed by atoms with Crippen LogP contribution in [0.25, 0.3) is 0 Å². The van der Waals surface area contributed by atoms with E-state index in [0.717, 1.165) is 31.2 Å². The largest absolute Gasteiger partial charge is 0.350 e. The van der Waals surface area contributed by atoms with E-state index in [1.54, 1.807) is 0 Å². The maximum atomic E-state index is 13.8. The first-order valence-electron chi connectivity index (χ1n) is 7.79. The molecule has 5 nitrogen and oxygen atoms in total. The highest BCUT2D eigenvalue weighted by atomic mass is 19.1. The number of aromatic amines is 1. The predicted molar refractivity (Wildman–Crippen MR) is 83.5 cm³/mol. The fourth-order valence-electron chi connectivity index (χ4n) is 2.77. The van der Waals surface area contributed by atoms with Crippen molar-refractivity contribution in [2.75, 3.05) is 6.54 Å². The summed E-state index contributed by atoms with van der Waals surface area (Å²) in [5, 5.41) is 2.74. The lowest BCUT2D eigenvalue weighted by molar-refractivity contribution is 0.0939.